The summed E-state index contributed by atoms with van der Waals surface area (Å²) in [5.41, 5.74) is 1.07. The van der Waals surface area contributed by atoms with Crippen LogP contribution in [0.2, 0.25) is 0 Å². The Morgan fingerprint density at radius 3 is 2.53 bits per heavy atom. The Labute approximate surface area is 186 Å². The van der Waals surface area contributed by atoms with Gasteiger partial charge in [-0.15, -0.1) is 0 Å². The van der Waals surface area contributed by atoms with E-state index in [1.54, 1.807) is 24.3 Å². The van der Waals surface area contributed by atoms with Crippen molar-refractivity contribution >= 4 is 21.8 Å². The molecule has 0 atom stereocenters. The maximum atomic E-state index is 12.5. The zero-order chi connectivity index (χ0) is 23.1. The fraction of sp³-hybridized carbons (Fsp3) is 0.364. The van der Waals surface area contributed by atoms with Crippen molar-refractivity contribution < 1.29 is 37.0 Å². The molecule has 0 unspecified atom stereocenters. The van der Waals surface area contributed by atoms with Crippen molar-refractivity contribution in [2.75, 3.05) is 26.9 Å². The quantitative estimate of drug-likeness (QED) is 0.324. The summed E-state index contributed by atoms with van der Waals surface area (Å²) >= 11 is 0. The number of methoxy groups -OCH3 is 1. The predicted molar refractivity (Wildman–Crippen MR) is 115 cm³/mol. The van der Waals surface area contributed by atoms with Gasteiger partial charge in [0.05, 0.1) is 12.0 Å². The van der Waals surface area contributed by atoms with Gasteiger partial charge in [-0.05, 0) is 43.7 Å². The molecule has 0 aromatic heterocycles. The van der Waals surface area contributed by atoms with Crippen molar-refractivity contribution in [2.24, 2.45) is 0 Å². The highest BCUT2D eigenvalue weighted by molar-refractivity contribution is 7.89. The van der Waals surface area contributed by atoms with Crippen LogP contribution in [0.1, 0.15) is 35.7 Å². The fourth-order valence-corrected chi connectivity index (χ4v) is 4.14. The van der Waals surface area contributed by atoms with Crippen LogP contribution in [-0.4, -0.2) is 47.0 Å². The minimum Gasteiger partial charge on any atom is -0.496 e. The van der Waals surface area contributed by atoms with Gasteiger partial charge in [-0.2, -0.15) is 0 Å². The Hall–Kier alpha value is -3.11. The van der Waals surface area contributed by atoms with E-state index in [0.29, 0.717) is 41.6 Å². The molecule has 1 aliphatic heterocycles. The van der Waals surface area contributed by atoms with Crippen LogP contribution < -0.4 is 18.9 Å². The van der Waals surface area contributed by atoms with Crippen molar-refractivity contribution in [3.63, 3.8) is 0 Å². The normalized spacial score (nSPS) is 12.8. The van der Waals surface area contributed by atoms with E-state index in [1.165, 1.54) is 26.2 Å². The Balaban J connectivity index is 1.47. The number of rotatable bonds is 10. The fourth-order valence-electron chi connectivity index (χ4n) is 3.05. The lowest BCUT2D eigenvalue weighted by atomic mass is 10.1. The van der Waals surface area contributed by atoms with Crippen LogP contribution >= 0.6 is 0 Å². The van der Waals surface area contributed by atoms with Crippen LogP contribution in [0.25, 0.3) is 0 Å². The molecule has 2 aromatic carbocycles. The van der Waals surface area contributed by atoms with E-state index in [9.17, 15) is 18.0 Å². The number of ether oxygens (including phenoxy) is 4. The first-order valence-electron chi connectivity index (χ1n) is 10.0. The number of Topliss-reactive ketones (excluding diaryl/α,β-unsaturated/α-hetero) is 1. The lowest BCUT2D eigenvalue weighted by Gasteiger charge is -2.18. The molecule has 0 saturated heterocycles. The third-order valence-electron chi connectivity index (χ3n) is 4.75. The Morgan fingerprint density at radius 2 is 1.81 bits per heavy atom. The van der Waals surface area contributed by atoms with E-state index in [0.717, 1.165) is 0 Å². The summed E-state index contributed by atoms with van der Waals surface area (Å²) in [6.07, 6.45) is 0.283. The molecule has 3 rings (SSSR count). The van der Waals surface area contributed by atoms with E-state index < -0.39 is 16.0 Å². The zero-order valence-electron chi connectivity index (χ0n) is 17.9. The standard InChI is InChI=1S/C22H25NO8S/c1-15(24)16-5-7-19(28-2)17(12-16)14-31-22(25)4-3-9-23-32(26,27)18-6-8-20-21(13-18)30-11-10-29-20/h5-8,12-13,23H,3-4,9-11,14H2,1-2H3. The number of ketones is 1. The highest BCUT2D eigenvalue weighted by Gasteiger charge is 2.19. The van der Waals surface area contributed by atoms with E-state index in [2.05, 4.69) is 4.72 Å². The van der Waals surface area contributed by atoms with Gasteiger partial charge in [0.1, 0.15) is 25.6 Å². The second-order valence-electron chi connectivity index (χ2n) is 7.05. The van der Waals surface area contributed by atoms with Gasteiger partial charge in [0.25, 0.3) is 0 Å². The number of fused-ring (bicyclic) bond motifs is 1. The maximum absolute atomic E-state index is 12.5. The highest BCUT2D eigenvalue weighted by atomic mass is 32.2. The lowest BCUT2D eigenvalue weighted by molar-refractivity contribution is -0.145. The number of sulfonamides is 1. The van der Waals surface area contributed by atoms with Gasteiger partial charge in [-0.25, -0.2) is 13.1 Å². The first kappa shape index (κ1) is 23.6. The van der Waals surface area contributed by atoms with E-state index in [1.807, 2.05) is 0 Å². The van der Waals surface area contributed by atoms with Crippen molar-refractivity contribution in [3.8, 4) is 17.2 Å². The monoisotopic (exact) mass is 463 g/mol. The van der Waals surface area contributed by atoms with Crippen LogP contribution in [0.5, 0.6) is 17.2 Å². The minimum atomic E-state index is -3.76. The summed E-state index contributed by atoms with van der Waals surface area (Å²) in [6.45, 7) is 2.24. The SMILES string of the molecule is COc1ccc(C(C)=O)cc1COC(=O)CCCNS(=O)(=O)c1ccc2c(c1)OCCO2. The van der Waals surface area contributed by atoms with Gasteiger partial charge in [0.2, 0.25) is 10.0 Å². The van der Waals surface area contributed by atoms with Gasteiger partial charge in [-0.1, -0.05) is 0 Å². The molecule has 2 aromatic rings. The summed E-state index contributed by atoms with van der Waals surface area (Å²) in [7, 11) is -2.27. The van der Waals surface area contributed by atoms with Crippen molar-refractivity contribution in [3.05, 3.63) is 47.5 Å². The highest BCUT2D eigenvalue weighted by Crippen LogP contribution is 2.32. The molecule has 0 fully saturated rings. The second-order valence-corrected chi connectivity index (χ2v) is 8.82. The van der Waals surface area contributed by atoms with Gasteiger partial charge < -0.3 is 18.9 Å². The molecule has 0 spiro atoms. The second kappa shape index (κ2) is 10.5. The molecule has 32 heavy (non-hydrogen) atoms. The third-order valence-corrected chi connectivity index (χ3v) is 6.21. The maximum Gasteiger partial charge on any atom is 0.306 e. The molecule has 0 saturated carbocycles. The smallest absolute Gasteiger partial charge is 0.306 e. The minimum absolute atomic E-state index is 0.0262. The average Bonchev–Trinajstić information content (AvgIpc) is 2.79. The first-order valence-corrected chi connectivity index (χ1v) is 11.5. The number of benzene rings is 2. The van der Waals surface area contributed by atoms with E-state index in [4.69, 9.17) is 18.9 Å². The van der Waals surface area contributed by atoms with Gasteiger partial charge in [0, 0.05) is 30.2 Å². The lowest BCUT2D eigenvalue weighted by Crippen LogP contribution is -2.25. The number of nitrogens with one attached hydrogen (secondary N) is 1. The third kappa shape index (κ3) is 5.98. The number of carbonyl (C=O) groups excluding carboxylic acids is 2. The summed E-state index contributed by atoms with van der Waals surface area (Å²) in [5.74, 6) is 0.801. The largest absolute Gasteiger partial charge is 0.496 e. The van der Waals surface area contributed by atoms with Gasteiger partial charge >= 0.3 is 5.97 Å². The van der Waals surface area contributed by atoms with Crippen molar-refractivity contribution in [2.45, 2.75) is 31.3 Å². The van der Waals surface area contributed by atoms with Crippen LogP contribution in [0.3, 0.4) is 0 Å². The molecule has 9 nitrogen and oxygen atoms in total. The molecule has 0 amide bonds. The summed E-state index contributed by atoms with van der Waals surface area (Å²) in [6, 6.07) is 9.30. The first-order chi connectivity index (χ1) is 15.3. The van der Waals surface area contributed by atoms with E-state index >= 15 is 0 Å². The molecular weight excluding hydrogens is 438 g/mol. The number of carbonyl (C=O) groups is 2. The molecule has 10 heteroatoms. The molecule has 1 heterocycles. The summed E-state index contributed by atoms with van der Waals surface area (Å²) in [5, 5.41) is 0. The van der Waals surface area contributed by atoms with Gasteiger partial charge in [-0.3, -0.25) is 9.59 Å². The summed E-state index contributed by atoms with van der Waals surface area (Å²) < 4.78 is 48.7. The Kier molecular flexibility index (Phi) is 7.70. The van der Waals surface area contributed by atoms with E-state index in [-0.39, 0.29) is 36.7 Å². The Morgan fingerprint density at radius 1 is 1.06 bits per heavy atom. The van der Waals surface area contributed by atoms with Crippen LogP contribution in [0, 0.1) is 0 Å². The van der Waals surface area contributed by atoms with Crippen LogP contribution in [-0.2, 0) is 26.2 Å². The topological polar surface area (TPSA) is 117 Å². The number of esters is 1. The predicted octanol–water partition coefficient (Wildman–Crippen LogP) is 2.47. The molecule has 0 bridgehead atoms. The number of hydrogen-bond acceptors (Lipinski definition) is 8. The average molecular weight is 464 g/mol. The van der Waals surface area contributed by atoms with Crippen molar-refractivity contribution in [1.82, 2.24) is 4.72 Å². The number of hydrogen-bond donors (Lipinski definition) is 1. The molecule has 0 radical (unpaired) electrons. The van der Waals surface area contributed by atoms with Crippen LogP contribution in [0.4, 0.5) is 0 Å². The Bertz CT molecular complexity index is 1100. The van der Waals surface area contributed by atoms with Crippen LogP contribution in [0.15, 0.2) is 41.3 Å². The van der Waals surface area contributed by atoms with Crippen molar-refractivity contribution in [1.29, 1.82) is 0 Å². The molecule has 0 aliphatic carbocycles. The molecule has 1 aliphatic rings. The molecule has 1 N–H and O–H groups in total. The zero-order valence-corrected chi connectivity index (χ0v) is 18.7. The molecule has 172 valence electrons. The summed E-state index contributed by atoms with van der Waals surface area (Å²) in [4.78, 5) is 23.7. The molecular formula is C22H25NO8S. The van der Waals surface area contributed by atoms with Gasteiger partial charge in [0.15, 0.2) is 17.3 Å².